The normalized spacial score (nSPS) is 11.3. The van der Waals surface area contributed by atoms with Crippen LogP contribution in [0.25, 0.3) is 0 Å². The summed E-state index contributed by atoms with van der Waals surface area (Å²) < 4.78 is 27.1. The number of carbonyl (C=O) groups excluding carboxylic acids is 1. The zero-order chi connectivity index (χ0) is 24.8. The molecular weight excluding hydrogens is 501 g/mol. The van der Waals surface area contributed by atoms with Crippen LogP contribution in [0.3, 0.4) is 0 Å². The van der Waals surface area contributed by atoms with E-state index in [-0.39, 0.29) is 12.5 Å². The molecule has 0 aliphatic carbocycles. The van der Waals surface area contributed by atoms with Gasteiger partial charge >= 0.3 is 0 Å². The summed E-state index contributed by atoms with van der Waals surface area (Å²) in [6.45, 7) is 2.16. The molecule has 0 saturated carbocycles. The van der Waals surface area contributed by atoms with Gasteiger partial charge in [0, 0.05) is 11.3 Å². The minimum Gasteiger partial charge on any atom is -0.296 e. The van der Waals surface area contributed by atoms with Crippen molar-refractivity contribution in [2.75, 3.05) is 15.9 Å². The van der Waals surface area contributed by atoms with E-state index in [4.69, 9.17) is 0 Å². The lowest BCUT2D eigenvalue weighted by atomic mass is 10.1. The molecule has 1 aromatic heterocycles. The number of aryl methyl sites for hydroxylation is 1. The lowest BCUT2D eigenvalue weighted by molar-refractivity contribution is 0.102. The summed E-state index contributed by atoms with van der Waals surface area (Å²) >= 11 is 2.87. The maximum absolute atomic E-state index is 12.7. The van der Waals surface area contributed by atoms with Gasteiger partial charge in [-0.2, -0.15) is 0 Å². The lowest BCUT2D eigenvalue weighted by Crippen LogP contribution is -2.29. The predicted octanol–water partition coefficient (Wildman–Crippen LogP) is 5.36. The van der Waals surface area contributed by atoms with Crippen molar-refractivity contribution in [3.63, 3.8) is 0 Å². The van der Waals surface area contributed by atoms with Gasteiger partial charge in [0.05, 0.1) is 18.5 Å². The Balaban J connectivity index is 1.41. The molecule has 1 amide bonds. The summed E-state index contributed by atoms with van der Waals surface area (Å²) in [4.78, 5) is 12.7. The number of aromatic nitrogens is 2. The smallest absolute Gasteiger partial charge is 0.257 e. The molecule has 35 heavy (non-hydrogen) atoms. The summed E-state index contributed by atoms with van der Waals surface area (Å²) in [7, 11) is -3.52. The fourth-order valence-electron chi connectivity index (χ4n) is 3.33. The number of nitrogens with one attached hydrogen (secondary N) is 1. The van der Waals surface area contributed by atoms with Gasteiger partial charge in [0.2, 0.25) is 15.2 Å². The topological polar surface area (TPSA) is 92.3 Å². The number of thioether (sulfide) groups is 1. The predicted molar refractivity (Wildman–Crippen MR) is 143 cm³/mol. The fourth-order valence-corrected chi connectivity index (χ4v) is 5.91. The number of rotatable bonds is 9. The molecule has 0 aliphatic rings. The summed E-state index contributed by atoms with van der Waals surface area (Å²) in [6, 6.07) is 24.2. The van der Waals surface area contributed by atoms with Crippen molar-refractivity contribution in [3.8, 4) is 0 Å². The molecule has 0 spiro atoms. The van der Waals surface area contributed by atoms with E-state index in [1.54, 1.807) is 36.0 Å². The Morgan fingerprint density at radius 3 is 2.34 bits per heavy atom. The maximum atomic E-state index is 12.7. The monoisotopic (exact) mass is 524 g/mol. The molecule has 0 fully saturated rings. The third-order valence-corrected chi connectivity index (χ3v) is 8.41. The third kappa shape index (κ3) is 6.68. The van der Waals surface area contributed by atoms with E-state index in [1.165, 1.54) is 27.5 Å². The molecule has 3 aromatic carbocycles. The van der Waals surface area contributed by atoms with E-state index >= 15 is 0 Å². The highest BCUT2D eigenvalue weighted by atomic mass is 32.2. The van der Waals surface area contributed by atoms with Crippen molar-refractivity contribution in [3.05, 3.63) is 101 Å². The third-order valence-electron chi connectivity index (χ3n) is 5.23. The minimum atomic E-state index is -3.52. The molecule has 7 nitrogen and oxygen atoms in total. The van der Waals surface area contributed by atoms with Gasteiger partial charge in [0.1, 0.15) is 0 Å². The highest BCUT2D eigenvalue weighted by Gasteiger charge is 2.19. The zero-order valence-electron chi connectivity index (χ0n) is 19.2. The Bertz CT molecular complexity index is 1410. The minimum absolute atomic E-state index is 0.214. The molecule has 4 rings (SSSR count). The molecule has 10 heteroatoms. The summed E-state index contributed by atoms with van der Waals surface area (Å²) in [6.07, 6.45) is 1.18. The van der Waals surface area contributed by atoms with Crippen LogP contribution in [-0.4, -0.2) is 30.8 Å². The first-order valence-corrected chi connectivity index (χ1v) is 14.4. The van der Waals surface area contributed by atoms with Gasteiger partial charge in [0.15, 0.2) is 4.34 Å². The number of benzene rings is 3. The molecule has 0 aliphatic heterocycles. The molecule has 1 heterocycles. The van der Waals surface area contributed by atoms with Gasteiger partial charge in [-0.15, -0.1) is 10.2 Å². The SMILES string of the molecule is Cc1ccccc1CN(c1ccc(C(=O)Nc2nnc(SCc3ccccc3)s2)cc1)S(C)(=O)=O. The second-order valence-corrected chi connectivity index (χ2v) is 12.0. The van der Waals surface area contributed by atoms with Gasteiger partial charge < -0.3 is 0 Å². The number of carbonyl (C=O) groups is 1. The molecule has 0 atom stereocenters. The number of nitrogens with zero attached hydrogens (tertiary/aromatic N) is 3. The Kier molecular flexibility index (Phi) is 7.84. The molecule has 0 unspecified atom stereocenters. The van der Waals surface area contributed by atoms with Crippen molar-refractivity contribution in [1.82, 2.24) is 10.2 Å². The fraction of sp³-hybridized carbons (Fsp3) is 0.160. The van der Waals surface area contributed by atoms with Crippen LogP contribution >= 0.6 is 23.1 Å². The van der Waals surface area contributed by atoms with Crippen molar-refractivity contribution in [1.29, 1.82) is 0 Å². The van der Waals surface area contributed by atoms with E-state index in [1.807, 2.05) is 61.5 Å². The van der Waals surface area contributed by atoms with Crippen LogP contribution in [0.2, 0.25) is 0 Å². The molecule has 0 radical (unpaired) electrons. The first kappa shape index (κ1) is 24.9. The van der Waals surface area contributed by atoms with Gasteiger partial charge in [0.25, 0.3) is 5.91 Å². The average Bonchev–Trinajstić information content (AvgIpc) is 3.29. The first-order chi connectivity index (χ1) is 16.8. The Morgan fingerprint density at radius 1 is 0.971 bits per heavy atom. The van der Waals surface area contributed by atoms with Crippen molar-refractivity contribution >= 4 is 49.8 Å². The Morgan fingerprint density at radius 2 is 1.66 bits per heavy atom. The van der Waals surface area contributed by atoms with E-state index in [2.05, 4.69) is 15.5 Å². The Hall–Kier alpha value is -3.21. The first-order valence-electron chi connectivity index (χ1n) is 10.7. The van der Waals surface area contributed by atoms with Crippen LogP contribution in [0.1, 0.15) is 27.0 Å². The molecule has 0 bridgehead atoms. The van der Waals surface area contributed by atoms with Crippen LogP contribution in [0.4, 0.5) is 10.8 Å². The van der Waals surface area contributed by atoms with Crippen molar-refractivity contribution in [2.45, 2.75) is 23.6 Å². The Labute approximate surface area is 213 Å². The average molecular weight is 525 g/mol. The van der Waals surface area contributed by atoms with Crippen LogP contribution in [-0.2, 0) is 22.3 Å². The zero-order valence-corrected chi connectivity index (χ0v) is 21.7. The number of anilines is 2. The number of hydrogen-bond donors (Lipinski definition) is 1. The second kappa shape index (κ2) is 11.0. The molecule has 0 saturated heterocycles. The highest BCUT2D eigenvalue weighted by molar-refractivity contribution is 8.00. The summed E-state index contributed by atoms with van der Waals surface area (Å²) in [5.74, 6) is 0.432. The van der Waals surface area contributed by atoms with Crippen molar-refractivity contribution < 1.29 is 13.2 Å². The van der Waals surface area contributed by atoms with Gasteiger partial charge in [-0.25, -0.2) is 8.42 Å². The van der Waals surface area contributed by atoms with Crippen LogP contribution in [0.15, 0.2) is 83.2 Å². The van der Waals surface area contributed by atoms with E-state index in [9.17, 15) is 13.2 Å². The van der Waals surface area contributed by atoms with E-state index in [0.717, 1.165) is 21.2 Å². The van der Waals surface area contributed by atoms with Gasteiger partial charge in [-0.1, -0.05) is 77.7 Å². The van der Waals surface area contributed by atoms with Crippen LogP contribution in [0.5, 0.6) is 0 Å². The van der Waals surface area contributed by atoms with Crippen molar-refractivity contribution in [2.24, 2.45) is 0 Å². The van der Waals surface area contributed by atoms with E-state index < -0.39 is 10.0 Å². The van der Waals surface area contributed by atoms with E-state index in [0.29, 0.717) is 16.4 Å². The summed E-state index contributed by atoms with van der Waals surface area (Å²) in [5, 5.41) is 11.4. The standard InChI is InChI=1S/C25H24N4O3S3/c1-18-8-6-7-11-21(18)16-29(35(2,31)32)22-14-12-20(13-15-22)23(30)26-24-27-28-25(34-24)33-17-19-9-4-3-5-10-19/h3-15H,16-17H2,1-2H3,(H,26,27,30). The van der Waals surface area contributed by atoms with Gasteiger partial charge in [-0.3, -0.25) is 14.4 Å². The highest BCUT2D eigenvalue weighted by Crippen LogP contribution is 2.29. The van der Waals surface area contributed by atoms with Crippen LogP contribution in [0, 0.1) is 6.92 Å². The molecule has 180 valence electrons. The number of amides is 1. The lowest BCUT2D eigenvalue weighted by Gasteiger charge is -2.23. The molecular formula is C25H24N4O3S3. The number of sulfonamides is 1. The largest absolute Gasteiger partial charge is 0.296 e. The molecule has 1 N–H and O–H groups in total. The van der Waals surface area contributed by atoms with Crippen LogP contribution < -0.4 is 9.62 Å². The quantitative estimate of drug-likeness (QED) is 0.234. The maximum Gasteiger partial charge on any atom is 0.257 e. The summed E-state index contributed by atoms with van der Waals surface area (Å²) in [5.41, 5.74) is 3.99. The molecule has 4 aromatic rings. The van der Waals surface area contributed by atoms with Gasteiger partial charge in [-0.05, 0) is 47.9 Å². The second-order valence-electron chi connectivity index (χ2n) is 7.84. The number of hydrogen-bond acceptors (Lipinski definition) is 7.